The third-order valence-corrected chi connectivity index (χ3v) is 4.74. The van der Waals surface area contributed by atoms with Gasteiger partial charge in [-0.05, 0) is 68.5 Å². The molecular formula is C20H19FN2O3. The molecular weight excluding hydrogens is 335 g/mol. The minimum Gasteiger partial charge on any atom is -0.478 e. The zero-order chi connectivity index (χ0) is 19.2. The van der Waals surface area contributed by atoms with Crippen LogP contribution in [0.5, 0.6) is 0 Å². The maximum absolute atomic E-state index is 14.5. The van der Waals surface area contributed by atoms with Crippen molar-refractivity contribution < 1.29 is 18.8 Å². The maximum Gasteiger partial charge on any atom is 0.336 e. The van der Waals surface area contributed by atoms with Gasteiger partial charge in [-0.25, -0.2) is 9.18 Å². The van der Waals surface area contributed by atoms with Gasteiger partial charge in [0.05, 0.1) is 11.1 Å². The normalized spacial score (nSPS) is 11.0. The summed E-state index contributed by atoms with van der Waals surface area (Å²) < 4.78 is 19.8. The number of aryl methyl sites for hydroxylation is 3. The summed E-state index contributed by atoms with van der Waals surface area (Å²) in [5, 5.41) is 13.5. The molecule has 3 aromatic rings. The van der Waals surface area contributed by atoms with Gasteiger partial charge in [-0.3, -0.25) is 0 Å². The first-order valence-electron chi connectivity index (χ1n) is 8.16. The third kappa shape index (κ3) is 2.77. The van der Waals surface area contributed by atoms with Crippen LogP contribution in [-0.2, 0) is 0 Å². The molecule has 0 radical (unpaired) electrons. The van der Waals surface area contributed by atoms with Crippen molar-refractivity contribution in [1.82, 2.24) is 10.1 Å². The van der Waals surface area contributed by atoms with Gasteiger partial charge in [0, 0.05) is 5.56 Å². The van der Waals surface area contributed by atoms with Crippen molar-refractivity contribution in [2.75, 3.05) is 0 Å². The molecule has 0 spiro atoms. The molecule has 5 nitrogen and oxygen atoms in total. The summed E-state index contributed by atoms with van der Waals surface area (Å²) in [6, 6.07) is 5.31. The summed E-state index contributed by atoms with van der Waals surface area (Å²) in [6.45, 7) is 8.74. The number of carbonyl (C=O) groups is 1. The van der Waals surface area contributed by atoms with E-state index >= 15 is 0 Å². The van der Waals surface area contributed by atoms with Gasteiger partial charge in [0.1, 0.15) is 5.82 Å². The van der Waals surface area contributed by atoms with Gasteiger partial charge >= 0.3 is 5.97 Å². The summed E-state index contributed by atoms with van der Waals surface area (Å²) in [7, 11) is 0. The second-order valence-electron chi connectivity index (χ2n) is 6.48. The minimum atomic E-state index is -1.01. The molecule has 0 unspecified atom stereocenters. The lowest BCUT2D eigenvalue weighted by Gasteiger charge is -2.12. The molecule has 2 aromatic carbocycles. The van der Waals surface area contributed by atoms with Gasteiger partial charge in [-0.1, -0.05) is 17.3 Å². The zero-order valence-electron chi connectivity index (χ0n) is 15.3. The van der Waals surface area contributed by atoms with Crippen LogP contribution in [-0.4, -0.2) is 21.2 Å². The van der Waals surface area contributed by atoms with E-state index in [0.717, 1.165) is 5.56 Å². The van der Waals surface area contributed by atoms with Crippen molar-refractivity contribution in [3.63, 3.8) is 0 Å². The van der Waals surface area contributed by atoms with Gasteiger partial charge in [-0.15, -0.1) is 0 Å². The highest BCUT2D eigenvalue weighted by molar-refractivity contribution is 5.93. The maximum atomic E-state index is 14.5. The molecule has 0 amide bonds. The fraction of sp³-hybridized carbons (Fsp3) is 0.250. The van der Waals surface area contributed by atoms with Crippen LogP contribution in [0.1, 0.15) is 38.2 Å². The predicted molar refractivity (Wildman–Crippen MR) is 95.8 cm³/mol. The van der Waals surface area contributed by atoms with Crippen molar-refractivity contribution in [3.8, 4) is 22.8 Å². The summed E-state index contributed by atoms with van der Waals surface area (Å²) in [5.74, 6) is -1.09. The third-order valence-electron chi connectivity index (χ3n) is 4.74. The summed E-state index contributed by atoms with van der Waals surface area (Å²) >= 11 is 0. The molecule has 6 heteroatoms. The van der Waals surface area contributed by atoms with Crippen LogP contribution in [0.25, 0.3) is 22.8 Å². The van der Waals surface area contributed by atoms with Crippen LogP contribution < -0.4 is 0 Å². The van der Waals surface area contributed by atoms with Crippen molar-refractivity contribution in [2.45, 2.75) is 34.6 Å². The Morgan fingerprint density at radius 3 is 2.35 bits per heavy atom. The van der Waals surface area contributed by atoms with E-state index in [9.17, 15) is 14.3 Å². The molecule has 0 saturated heterocycles. The number of carboxylic acid groups (broad SMARTS) is 1. The Labute approximate surface area is 150 Å². The Balaban J connectivity index is 2.19. The number of hydrogen-bond acceptors (Lipinski definition) is 4. The monoisotopic (exact) mass is 354 g/mol. The first-order valence-corrected chi connectivity index (χ1v) is 8.16. The summed E-state index contributed by atoms with van der Waals surface area (Å²) in [6.07, 6.45) is 0. The number of hydrogen-bond donors (Lipinski definition) is 1. The average molecular weight is 354 g/mol. The summed E-state index contributed by atoms with van der Waals surface area (Å²) in [5.41, 5.74) is 4.29. The topological polar surface area (TPSA) is 76.2 Å². The lowest BCUT2D eigenvalue weighted by atomic mass is 9.93. The van der Waals surface area contributed by atoms with E-state index in [1.807, 2.05) is 13.0 Å². The first-order chi connectivity index (χ1) is 12.2. The molecule has 0 aliphatic rings. The fourth-order valence-corrected chi connectivity index (χ4v) is 3.07. The standard InChI is InChI=1S/C20H19FN2O3/c1-9-6-7-10(2)17(21)15(9)19-22-18(23-26-19)14-8-11(3)12(4)16(13(14)5)20(24)25/h6-8H,1-5H3,(H,24,25). The van der Waals surface area contributed by atoms with Crippen LogP contribution in [0.4, 0.5) is 4.39 Å². The van der Waals surface area contributed by atoms with E-state index in [1.165, 1.54) is 0 Å². The lowest BCUT2D eigenvalue weighted by molar-refractivity contribution is 0.0695. The van der Waals surface area contributed by atoms with Gasteiger partial charge in [-0.2, -0.15) is 4.98 Å². The highest BCUT2D eigenvalue weighted by Gasteiger charge is 2.22. The SMILES string of the molecule is Cc1cc(-c2noc(-c3c(C)ccc(C)c3F)n2)c(C)c(C(=O)O)c1C. The van der Waals surface area contributed by atoms with E-state index < -0.39 is 11.8 Å². The van der Waals surface area contributed by atoms with E-state index in [4.69, 9.17) is 4.52 Å². The molecule has 134 valence electrons. The lowest BCUT2D eigenvalue weighted by Crippen LogP contribution is -2.06. The Morgan fingerprint density at radius 1 is 1.04 bits per heavy atom. The molecule has 0 fully saturated rings. The molecule has 26 heavy (non-hydrogen) atoms. The second-order valence-corrected chi connectivity index (χ2v) is 6.48. The molecule has 1 N–H and O–H groups in total. The van der Waals surface area contributed by atoms with E-state index in [1.54, 1.807) is 39.8 Å². The van der Waals surface area contributed by atoms with Crippen LogP contribution in [0.2, 0.25) is 0 Å². The predicted octanol–water partition coefficient (Wildman–Crippen LogP) is 4.78. The minimum absolute atomic E-state index is 0.0770. The number of carboxylic acids is 1. The highest BCUT2D eigenvalue weighted by Crippen LogP contribution is 2.32. The zero-order valence-corrected chi connectivity index (χ0v) is 15.3. The number of aromatic carboxylic acids is 1. The quantitative estimate of drug-likeness (QED) is 0.732. The molecule has 0 atom stereocenters. The van der Waals surface area contributed by atoms with Gasteiger partial charge in [0.25, 0.3) is 5.89 Å². The molecule has 1 heterocycles. The Bertz CT molecular complexity index is 1040. The van der Waals surface area contributed by atoms with Crippen LogP contribution in [0.3, 0.4) is 0 Å². The van der Waals surface area contributed by atoms with Crippen molar-refractivity contribution in [2.24, 2.45) is 0 Å². The Hall–Kier alpha value is -3.02. The first kappa shape index (κ1) is 17.8. The van der Waals surface area contributed by atoms with Crippen LogP contribution in [0, 0.1) is 40.4 Å². The van der Waals surface area contributed by atoms with E-state index in [2.05, 4.69) is 10.1 Å². The molecule has 0 bridgehead atoms. The highest BCUT2D eigenvalue weighted by atomic mass is 19.1. The number of halogens is 1. The van der Waals surface area contributed by atoms with Gasteiger partial charge < -0.3 is 9.63 Å². The molecule has 0 saturated carbocycles. The average Bonchev–Trinajstić information content (AvgIpc) is 3.04. The number of benzene rings is 2. The number of rotatable bonds is 3. The van der Waals surface area contributed by atoms with Gasteiger partial charge in [0.2, 0.25) is 5.82 Å². The molecule has 1 aromatic heterocycles. The van der Waals surface area contributed by atoms with E-state index in [0.29, 0.717) is 27.8 Å². The van der Waals surface area contributed by atoms with Crippen molar-refractivity contribution in [1.29, 1.82) is 0 Å². The largest absolute Gasteiger partial charge is 0.478 e. The van der Waals surface area contributed by atoms with E-state index in [-0.39, 0.29) is 22.8 Å². The summed E-state index contributed by atoms with van der Waals surface area (Å²) in [4.78, 5) is 16.0. The van der Waals surface area contributed by atoms with Crippen LogP contribution >= 0.6 is 0 Å². The molecule has 0 aliphatic carbocycles. The molecule has 0 aliphatic heterocycles. The smallest absolute Gasteiger partial charge is 0.336 e. The number of nitrogens with zero attached hydrogens (tertiary/aromatic N) is 2. The van der Waals surface area contributed by atoms with Gasteiger partial charge in [0.15, 0.2) is 0 Å². The number of aromatic nitrogens is 2. The fourth-order valence-electron chi connectivity index (χ4n) is 3.07. The van der Waals surface area contributed by atoms with Crippen molar-refractivity contribution >= 4 is 5.97 Å². The Morgan fingerprint density at radius 2 is 1.69 bits per heavy atom. The van der Waals surface area contributed by atoms with Crippen LogP contribution in [0.15, 0.2) is 22.7 Å². The molecule has 3 rings (SSSR count). The second kappa shape index (κ2) is 6.37. The van der Waals surface area contributed by atoms with Crippen molar-refractivity contribution in [3.05, 3.63) is 57.4 Å². The Kier molecular flexibility index (Phi) is 4.36.